The molecule has 3 heteroatoms. The van der Waals surface area contributed by atoms with Crippen LogP contribution in [0.3, 0.4) is 0 Å². The third-order valence-electron chi connectivity index (χ3n) is 4.82. The Kier molecular flexibility index (Phi) is 6.16. The van der Waals surface area contributed by atoms with Crippen LogP contribution in [0.15, 0.2) is 18.2 Å². The maximum absolute atomic E-state index is 13.4. The van der Waals surface area contributed by atoms with Gasteiger partial charge in [-0.1, -0.05) is 32.8 Å². The van der Waals surface area contributed by atoms with Crippen LogP contribution in [0.5, 0.6) is 0 Å². The summed E-state index contributed by atoms with van der Waals surface area (Å²) >= 11 is 0. The van der Waals surface area contributed by atoms with E-state index >= 15 is 0 Å². The van der Waals surface area contributed by atoms with Crippen LogP contribution in [0.4, 0.5) is 8.78 Å². The zero-order valence-corrected chi connectivity index (χ0v) is 13.2. The molecule has 1 aromatic rings. The summed E-state index contributed by atoms with van der Waals surface area (Å²) in [5, 5.41) is 3.62. The van der Waals surface area contributed by atoms with E-state index in [1.807, 2.05) is 0 Å². The molecule has 0 aliphatic heterocycles. The molecular weight excluding hydrogens is 268 g/mol. The SMILES string of the molecule is CCCNC(Cc1ccc(F)c(F)c1)C1CCC(CC)C1. The lowest BCUT2D eigenvalue weighted by molar-refractivity contribution is 0.343. The molecule has 1 N–H and O–H groups in total. The molecule has 1 aliphatic rings. The van der Waals surface area contributed by atoms with Gasteiger partial charge in [0.1, 0.15) is 0 Å². The highest BCUT2D eigenvalue weighted by molar-refractivity contribution is 5.19. The molecule has 0 saturated heterocycles. The molecule has 1 saturated carbocycles. The summed E-state index contributed by atoms with van der Waals surface area (Å²) in [5.74, 6) is 0.00354. The molecule has 0 spiro atoms. The van der Waals surface area contributed by atoms with Crippen molar-refractivity contribution in [3.8, 4) is 0 Å². The van der Waals surface area contributed by atoms with Gasteiger partial charge in [-0.25, -0.2) is 8.78 Å². The Morgan fingerprint density at radius 1 is 1.19 bits per heavy atom. The van der Waals surface area contributed by atoms with Crippen molar-refractivity contribution < 1.29 is 8.78 Å². The van der Waals surface area contributed by atoms with Gasteiger partial charge in [0.25, 0.3) is 0 Å². The normalized spacial score (nSPS) is 23.4. The standard InChI is InChI=1S/C18H27F2N/c1-3-9-21-18(15-7-5-13(4-2)10-15)12-14-6-8-16(19)17(20)11-14/h6,8,11,13,15,18,21H,3-5,7,9-10,12H2,1-2H3. The minimum Gasteiger partial charge on any atom is -0.313 e. The van der Waals surface area contributed by atoms with Crippen molar-refractivity contribution in [1.29, 1.82) is 0 Å². The van der Waals surface area contributed by atoms with Crippen molar-refractivity contribution in [3.05, 3.63) is 35.4 Å². The Labute approximate surface area is 127 Å². The van der Waals surface area contributed by atoms with Crippen LogP contribution in [-0.4, -0.2) is 12.6 Å². The molecule has 1 aromatic carbocycles. The predicted octanol–water partition coefficient (Wildman–Crippen LogP) is 4.70. The van der Waals surface area contributed by atoms with Crippen molar-refractivity contribution in [3.63, 3.8) is 0 Å². The lowest BCUT2D eigenvalue weighted by atomic mass is 9.90. The number of hydrogen-bond acceptors (Lipinski definition) is 1. The number of benzene rings is 1. The fraction of sp³-hybridized carbons (Fsp3) is 0.667. The predicted molar refractivity (Wildman–Crippen MR) is 83.3 cm³/mol. The van der Waals surface area contributed by atoms with Gasteiger partial charge in [-0.2, -0.15) is 0 Å². The van der Waals surface area contributed by atoms with Gasteiger partial charge in [0.05, 0.1) is 0 Å². The molecular formula is C18H27F2N. The van der Waals surface area contributed by atoms with E-state index in [0.717, 1.165) is 30.9 Å². The fourth-order valence-corrected chi connectivity index (χ4v) is 3.51. The van der Waals surface area contributed by atoms with Crippen molar-refractivity contribution in [1.82, 2.24) is 5.32 Å². The van der Waals surface area contributed by atoms with E-state index in [1.54, 1.807) is 6.07 Å². The van der Waals surface area contributed by atoms with Gasteiger partial charge in [-0.3, -0.25) is 0 Å². The molecule has 118 valence electrons. The second-order valence-corrected chi connectivity index (χ2v) is 6.36. The Bertz CT molecular complexity index is 447. The number of hydrogen-bond donors (Lipinski definition) is 1. The van der Waals surface area contributed by atoms with Gasteiger partial charge < -0.3 is 5.32 Å². The maximum atomic E-state index is 13.4. The van der Waals surface area contributed by atoms with E-state index < -0.39 is 11.6 Å². The Balaban J connectivity index is 2.03. The molecule has 1 nitrogen and oxygen atoms in total. The average Bonchev–Trinajstić information content (AvgIpc) is 2.96. The first-order valence-corrected chi connectivity index (χ1v) is 8.31. The maximum Gasteiger partial charge on any atom is 0.159 e. The molecule has 0 radical (unpaired) electrons. The highest BCUT2D eigenvalue weighted by Gasteiger charge is 2.29. The summed E-state index contributed by atoms with van der Waals surface area (Å²) in [6.07, 6.45) is 6.97. The topological polar surface area (TPSA) is 12.0 Å². The Morgan fingerprint density at radius 3 is 2.62 bits per heavy atom. The van der Waals surface area contributed by atoms with Gasteiger partial charge in [0, 0.05) is 6.04 Å². The lowest BCUT2D eigenvalue weighted by Gasteiger charge is -2.25. The molecule has 3 atom stereocenters. The Morgan fingerprint density at radius 2 is 2.00 bits per heavy atom. The van der Waals surface area contributed by atoms with Crippen LogP contribution in [0.25, 0.3) is 0 Å². The molecule has 3 unspecified atom stereocenters. The third-order valence-corrected chi connectivity index (χ3v) is 4.82. The zero-order chi connectivity index (χ0) is 15.2. The van der Waals surface area contributed by atoms with Gasteiger partial charge in [0.2, 0.25) is 0 Å². The van der Waals surface area contributed by atoms with Gasteiger partial charge >= 0.3 is 0 Å². The van der Waals surface area contributed by atoms with Crippen molar-refractivity contribution in [2.24, 2.45) is 11.8 Å². The first kappa shape index (κ1) is 16.4. The van der Waals surface area contributed by atoms with E-state index in [2.05, 4.69) is 19.2 Å². The third kappa shape index (κ3) is 4.50. The van der Waals surface area contributed by atoms with E-state index in [-0.39, 0.29) is 0 Å². The number of halogens is 2. The van der Waals surface area contributed by atoms with Crippen molar-refractivity contribution in [2.75, 3.05) is 6.54 Å². The molecule has 1 fully saturated rings. The molecule has 21 heavy (non-hydrogen) atoms. The summed E-state index contributed by atoms with van der Waals surface area (Å²) in [5.41, 5.74) is 0.891. The molecule has 0 amide bonds. The van der Waals surface area contributed by atoms with Crippen LogP contribution in [0.1, 0.15) is 51.5 Å². The van der Waals surface area contributed by atoms with Crippen LogP contribution < -0.4 is 5.32 Å². The smallest absolute Gasteiger partial charge is 0.159 e. The summed E-state index contributed by atoms with van der Waals surface area (Å²) in [4.78, 5) is 0. The summed E-state index contributed by atoms with van der Waals surface area (Å²) in [7, 11) is 0. The van der Waals surface area contributed by atoms with Gasteiger partial charge in [-0.05, 0) is 61.8 Å². The second-order valence-electron chi connectivity index (χ2n) is 6.36. The lowest BCUT2D eigenvalue weighted by Crippen LogP contribution is -2.37. The van der Waals surface area contributed by atoms with Crippen molar-refractivity contribution >= 4 is 0 Å². The highest BCUT2D eigenvalue weighted by Crippen LogP contribution is 2.35. The van der Waals surface area contributed by atoms with Gasteiger partial charge in [0.15, 0.2) is 11.6 Å². The monoisotopic (exact) mass is 295 g/mol. The number of nitrogens with one attached hydrogen (secondary N) is 1. The largest absolute Gasteiger partial charge is 0.313 e. The molecule has 0 heterocycles. The minimum atomic E-state index is -0.760. The zero-order valence-electron chi connectivity index (χ0n) is 13.2. The van der Waals surface area contributed by atoms with E-state index in [0.29, 0.717) is 12.0 Å². The molecule has 2 rings (SSSR count). The summed E-state index contributed by atoms with van der Waals surface area (Å²) in [6.45, 7) is 5.41. The van der Waals surface area contributed by atoms with Gasteiger partial charge in [-0.15, -0.1) is 0 Å². The first-order chi connectivity index (χ1) is 10.1. The van der Waals surface area contributed by atoms with Crippen molar-refractivity contribution in [2.45, 2.75) is 58.4 Å². The van der Waals surface area contributed by atoms with Crippen LogP contribution in [-0.2, 0) is 6.42 Å². The minimum absolute atomic E-state index is 0.381. The van der Waals surface area contributed by atoms with E-state index in [4.69, 9.17) is 0 Å². The fourth-order valence-electron chi connectivity index (χ4n) is 3.51. The van der Waals surface area contributed by atoms with E-state index in [9.17, 15) is 8.78 Å². The summed E-state index contributed by atoms with van der Waals surface area (Å²) in [6, 6.07) is 4.69. The second kappa shape index (κ2) is 7.88. The molecule has 1 aliphatic carbocycles. The van der Waals surface area contributed by atoms with Crippen LogP contribution >= 0.6 is 0 Å². The van der Waals surface area contributed by atoms with Crippen LogP contribution in [0, 0.1) is 23.5 Å². The number of rotatable bonds is 7. The molecule has 0 aromatic heterocycles. The quantitative estimate of drug-likeness (QED) is 0.768. The first-order valence-electron chi connectivity index (χ1n) is 8.31. The molecule has 0 bridgehead atoms. The Hall–Kier alpha value is -0.960. The van der Waals surface area contributed by atoms with E-state index in [1.165, 1.54) is 37.8 Å². The highest BCUT2D eigenvalue weighted by atomic mass is 19.2. The van der Waals surface area contributed by atoms with Crippen LogP contribution in [0.2, 0.25) is 0 Å². The summed E-state index contributed by atoms with van der Waals surface area (Å²) < 4.78 is 26.4. The average molecular weight is 295 g/mol.